The van der Waals surface area contributed by atoms with E-state index in [0.717, 1.165) is 5.56 Å². The number of aromatic nitrogens is 2. The van der Waals surface area contributed by atoms with Crippen LogP contribution in [-0.2, 0) is 33.9 Å². The smallest absolute Gasteiger partial charge is 0.356 e. The van der Waals surface area contributed by atoms with Crippen molar-refractivity contribution in [1.29, 1.82) is 0 Å². The summed E-state index contributed by atoms with van der Waals surface area (Å²) in [7, 11) is 2.62. The zero-order valence-electron chi connectivity index (χ0n) is 18.4. The molecule has 2 aromatic rings. The van der Waals surface area contributed by atoms with Gasteiger partial charge in [0, 0.05) is 37.2 Å². The average molecular weight is 590 g/mol. The Morgan fingerprint density at radius 3 is 2.09 bits per heavy atom. The molecule has 2 aromatic heterocycles. The van der Waals surface area contributed by atoms with E-state index in [1.54, 1.807) is 18.2 Å². The van der Waals surface area contributed by atoms with Crippen molar-refractivity contribution in [3.8, 4) is 5.75 Å². The first-order chi connectivity index (χ1) is 16.0. The summed E-state index contributed by atoms with van der Waals surface area (Å²) in [6.07, 6.45) is 0. The van der Waals surface area contributed by atoms with Crippen LogP contribution in [0.25, 0.3) is 0 Å². The Kier molecular flexibility index (Phi) is 12.3. The third-order valence-corrected chi connectivity index (χ3v) is 4.78. The molecule has 0 bridgehead atoms. The molecule has 0 aliphatic heterocycles. The predicted octanol–water partition coefficient (Wildman–Crippen LogP) is 2.53. The van der Waals surface area contributed by atoms with Crippen LogP contribution in [-0.4, -0.2) is 60.2 Å². The highest BCUT2D eigenvalue weighted by Crippen LogP contribution is 2.16. The van der Waals surface area contributed by atoms with Crippen molar-refractivity contribution in [2.24, 2.45) is 0 Å². The van der Waals surface area contributed by atoms with Crippen LogP contribution in [0.4, 0.5) is 0 Å². The van der Waals surface area contributed by atoms with Gasteiger partial charge in [-0.15, -0.1) is 0 Å². The van der Waals surface area contributed by atoms with Crippen molar-refractivity contribution in [3.63, 3.8) is 0 Å². The van der Waals surface area contributed by atoms with E-state index < -0.39 is 11.9 Å². The van der Waals surface area contributed by atoms with Crippen LogP contribution < -0.4 is 15.4 Å². The third kappa shape index (κ3) is 9.33. The fraction of sp³-hybridized carbons (Fsp3) is 0.429. The van der Waals surface area contributed by atoms with E-state index in [9.17, 15) is 9.59 Å². The number of rotatable bonds is 14. The largest absolute Gasteiger partial charge is 0.493 e. The number of methoxy groups -OCH3 is 2. The normalized spacial score (nSPS) is 10.7. The summed E-state index contributed by atoms with van der Waals surface area (Å²) in [5.41, 5.74) is 2.89. The van der Waals surface area contributed by atoms with Gasteiger partial charge in [0.1, 0.15) is 17.0 Å². The molecule has 0 aromatic carbocycles. The zero-order valence-corrected chi connectivity index (χ0v) is 21.5. The summed E-state index contributed by atoms with van der Waals surface area (Å²) < 4.78 is 20.5. The number of nitrogens with one attached hydrogen (secondary N) is 2. The van der Waals surface area contributed by atoms with Gasteiger partial charge in [0.25, 0.3) is 0 Å². The monoisotopic (exact) mass is 588 g/mol. The number of halogens is 2. The summed E-state index contributed by atoms with van der Waals surface area (Å²) in [6.45, 7) is 2.03. The maximum Gasteiger partial charge on any atom is 0.356 e. The minimum Gasteiger partial charge on any atom is -0.493 e. The fourth-order valence-electron chi connectivity index (χ4n) is 2.76. The van der Waals surface area contributed by atoms with Crippen molar-refractivity contribution in [1.82, 2.24) is 20.6 Å². The second kappa shape index (κ2) is 14.9. The van der Waals surface area contributed by atoms with Gasteiger partial charge in [-0.3, -0.25) is 10.6 Å². The molecule has 0 saturated heterocycles. The molecule has 0 amide bonds. The van der Waals surface area contributed by atoms with Gasteiger partial charge in [-0.25, -0.2) is 19.6 Å². The number of carbonyl (C=O) groups is 2. The Bertz CT molecular complexity index is 858. The molecule has 0 aliphatic rings. The number of ether oxygens (including phenoxy) is 4. The zero-order chi connectivity index (χ0) is 24.1. The van der Waals surface area contributed by atoms with Gasteiger partial charge >= 0.3 is 11.9 Å². The molecule has 33 heavy (non-hydrogen) atoms. The Morgan fingerprint density at radius 1 is 0.909 bits per heavy atom. The van der Waals surface area contributed by atoms with Crippen LogP contribution in [0.2, 0.25) is 0 Å². The molecular weight excluding hydrogens is 564 g/mol. The molecule has 0 radical (unpaired) electrons. The molecule has 0 atom stereocenters. The number of pyridine rings is 2. The molecule has 2 heterocycles. The summed E-state index contributed by atoms with van der Waals surface area (Å²) in [5, 5.41) is 7.06. The van der Waals surface area contributed by atoms with E-state index in [2.05, 4.69) is 52.5 Å². The standard InChI is InChI=1S/C21H26Br2N4O6/c1-30-20(28)18-6-14(11-32-12-23)5-15(26-18)9-24-13-25-10-16-7-17(33-4-3-22)8-19(27-16)21(29)31-2/h5-8,24-25H,3-4,9-13H2,1-2H3. The van der Waals surface area contributed by atoms with Gasteiger partial charge in [-0.05, 0) is 17.7 Å². The van der Waals surface area contributed by atoms with Gasteiger partial charge < -0.3 is 18.9 Å². The van der Waals surface area contributed by atoms with Crippen LogP contribution in [0.15, 0.2) is 24.3 Å². The third-order valence-electron chi connectivity index (χ3n) is 4.13. The molecule has 0 spiro atoms. The Hall–Kier alpha value is -2.12. The Labute approximate surface area is 209 Å². The van der Waals surface area contributed by atoms with E-state index in [1.165, 1.54) is 14.2 Å². The lowest BCUT2D eigenvalue weighted by Gasteiger charge is -2.11. The van der Waals surface area contributed by atoms with E-state index in [4.69, 9.17) is 18.9 Å². The van der Waals surface area contributed by atoms with Crippen LogP contribution >= 0.6 is 31.9 Å². The first-order valence-corrected chi connectivity index (χ1v) is 12.2. The van der Waals surface area contributed by atoms with Gasteiger partial charge in [0.2, 0.25) is 0 Å². The number of nitrogens with zero attached hydrogens (tertiary/aromatic N) is 2. The van der Waals surface area contributed by atoms with Crippen molar-refractivity contribution < 1.29 is 28.5 Å². The minimum absolute atomic E-state index is 0.177. The lowest BCUT2D eigenvalue weighted by atomic mass is 10.2. The van der Waals surface area contributed by atoms with E-state index in [-0.39, 0.29) is 11.4 Å². The predicted molar refractivity (Wildman–Crippen MR) is 128 cm³/mol. The SMILES string of the molecule is COC(=O)c1cc(COCBr)cc(CNCNCc2cc(OCCBr)cc(C(=O)OC)n2)n1. The highest BCUT2D eigenvalue weighted by molar-refractivity contribution is 9.09. The van der Waals surface area contributed by atoms with Crippen molar-refractivity contribution in [2.75, 3.05) is 38.3 Å². The number of esters is 2. The number of hydrogen-bond donors (Lipinski definition) is 2. The first-order valence-electron chi connectivity index (χ1n) is 9.92. The number of alkyl halides is 2. The quantitative estimate of drug-likeness (QED) is 0.147. The summed E-state index contributed by atoms with van der Waals surface area (Å²) in [6, 6.07) is 6.81. The van der Waals surface area contributed by atoms with Crippen molar-refractivity contribution in [2.45, 2.75) is 19.7 Å². The summed E-state index contributed by atoms with van der Waals surface area (Å²) in [5.74, 6) is -0.504. The number of hydrogen-bond acceptors (Lipinski definition) is 10. The summed E-state index contributed by atoms with van der Waals surface area (Å²) >= 11 is 6.51. The lowest BCUT2D eigenvalue weighted by Crippen LogP contribution is -2.29. The van der Waals surface area contributed by atoms with Crippen molar-refractivity contribution >= 4 is 43.8 Å². The second-order valence-corrected chi connectivity index (χ2v) is 7.79. The highest BCUT2D eigenvalue weighted by Gasteiger charge is 2.13. The second-order valence-electron chi connectivity index (χ2n) is 6.54. The molecule has 0 fully saturated rings. The van der Waals surface area contributed by atoms with Crippen molar-refractivity contribution in [3.05, 3.63) is 52.6 Å². The molecular formula is C21H26Br2N4O6. The molecule has 12 heteroatoms. The van der Waals surface area contributed by atoms with Crippen LogP contribution in [0.5, 0.6) is 5.75 Å². The van der Waals surface area contributed by atoms with Gasteiger partial charge in [0.15, 0.2) is 5.69 Å². The lowest BCUT2D eigenvalue weighted by molar-refractivity contribution is 0.0584. The number of carbonyl (C=O) groups excluding carboxylic acids is 2. The van der Waals surface area contributed by atoms with Gasteiger partial charge in [-0.2, -0.15) is 0 Å². The van der Waals surface area contributed by atoms with Gasteiger partial charge in [0.05, 0.1) is 38.8 Å². The maximum absolute atomic E-state index is 11.9. The topological polar surface area (TPSA) is 121 Å². The van der Waals surface area contributed by atoms with E-state index in [0.29, 0.717) is 61.0 Å². The first kappa shape index (κ1) is 27.1. The van der Waals surface area contributed by atoms with Crippen LogP contribution in [0, 0.1) is 0 Å². The summed E-state index contributed by atoms with van der Waals surface area (Å²) in [4.78, 5) is 32.4. The van der Waals surface area contributed by atoms with Gasteiger partial charge in [-0.1, -0.05) is 31.9 Å². The molecule has 0 aliphatic carbocycles. The van der Waals surface area contributed by atoms with E-state index in [1.807, 2.05) is 6.07 Å². The van der Waals surface area contributed by atoms with E-state index >= 15 is 0 Å². The molecule has 10 nitrogen and oxygen atoms in total. The molecule has 2 rings (SSSR count). The maximum atomic E-state index is 11.9. The molecule has 180 valence electrons. The fourth-order valence-corrected chi connectivity index (χ4v) is 3.08. The molecule has 2 N–H and O–H groups in total. The molecule has 0 saturated carbocycles. The molecule has 0 unspecified atom stereocenters. The van der Waals surface area contributed by atoms with Crippen LogP contribution in [0.3, 0.4) is 0 Å². The highest BCUT2D eigenvalue weighted by atomic mass is 79.9. The minimum atomic E-state index is -0.532. The Balaban J connectivity index is 1.95. The Morgan fingerprint density at radius 2 is 1.52 bits per heavy atom. The van der Waals surface area contributed by atoms with Crippen LogP contribution in [0.1, 0.15) is 37.9 Å². The average Bonchev–Trinajstić information content (AvgIpc) is 2.84.